The maximum Gasteiger partial charge on any atom is 0.490 e. The molecule has 7 nitrogen and oxygen atoms in total. The molecule has 1 amide bonds. The van der Waals surface area contributed by atoms with Crippen LogP contribution >= 0.6 is 0 Å². The van der Waals surface area contributed by atoms with Crippen LogP contribution in [0.1, 0.15) is 27.3 Å². The van der Waals surface area contributed by atoms with Crippen LogP contribution in [0, 0.1) is 0 Å². The standard InChI is InChI=1S/C19H16N4O.C2HF3O2/c24-19-16-11-18(23-17(16)6-9-22-19)14-5-8-21-15(10-14)4-3-13-2-1-7-20-12-13;3-2(4,5)1(6)7/h1-5,7-8,10-12,23H,6,9H2,(H,22,24);(H,6,7)/b4-3+;. The molecule has 0 spiro atoms. The number of alkyl halides is 3. The molecule has 0 unspecified atom stereocenters. The first-order valence-corrected chi connectivity index (χ1v) is 9.09. The summed E-state index contributed by atoms with van der Waals surface area (Å²) < 4.78 is 31.7. The molecule has 3 aromatic heterocycles. The van der Waals surface area contributed by atoms with Crippen molar-refractivity contribution in [3.8, 4) is 11.3 Å². The Kier molecular flexibility index (Phi) is 6.49. The van der Waals surface area contributed by atoms with E-state index >= 15 is 0 Å². The first kappa shape index (κ1) is 21.8. The van der Waals surface area contributed by atoms with Gasteiger partial charge in [-0.1, -0.05) is 12.1 Å². The highest BCUT2D eigenvalue weighted by Gasteiger charge is 2.38. The summed E-state index contributed by atoms with van der Waals surface area (Å²) in [5.41, 5.74) is 5.57. The second-order valence-electron chi connectivity index (χ2n) is 6.47. The third kappa shape index (κ3) is 5.78. The maximum atomic E-state index is 11.9. The fraction of sp³-hybridized carbons (Fsp3) is 0.143. The van der Waals surface area contributed by atoms with Crippen molar-refractivity contribution in [3.63, 3.8) is 0 Å². The summed E-state index contributed by atoms with van der Waals surface area (Å²) in [6, 6.07) is 9.75. The van der Waals surface area contributed by atoms with E-state index in [1.807, 2.05) is 42.5 Å². The molecule has 0 saturated heterocycles. The van der Waals surface area contributed by atoms with Crippen molar-refractivity contribution in [2.45, 2.75) is 12.6 Å². The van der Waals surface area contributed by atoms with E-state index in [2.05, 4.69) is 20.3 Å². The first-order valence-electron chi connectivity index (χ1n) is 9.09. The molecule has 31 heavy (non-hydrogen) atoms. The number of H-pyrrole nitrogens is 1. The highest BCUT2D eigenvalue weighted by atomic mass is 19.4. The molecule has 0 fully saturated rings. The zero-order chi connectivity index (χ0) is 22.4. The van der Waals surface area contributed by atoms with Crippen molar-refractivity contribution < 1.29 is 27.9 Å². The molecule has 160 valence electrons. The highest BCUT2D eigenvalue weighted by Crippen LogP contribution is 2.24. The van der Waals surface area contributed by atoms with Gasteiger partial charge in [0.2, 0.25) is 0 Å². The normalized spacial score (nSPS) is 13.2. The third-order valence-electron chi connectivity index (χ3n) is 4.27. The van der Waals surface area contributed by atoms with E-state index in [-0.39, 0.29) is 5.91 Å². The van der Waals surface area contributed by atoms with Gasteiger partial charge in [0, 0.05) is 48.5 Å². The van der Waals surface area contributed by atoms with Crippen molar-refractivity contribution in [1.29, 1.82) is 0 Å². The van der Waals surface area contributed by atoms with Crippen molar-refractivity contribution in [1.82, 2.24) is 20.3 Å². The Hall–Kier alpha value is -3.95. The van der Waals surface area contributed by atoms with Gasteiger partial charge >= 0.3 is 12.1 Å². The molecule has 0 atom stereocenters. The lowest BCUT2D eigenvalue weighted by Gasteiger charge is -2.10. The number of aromatic amines is 1. The average molecular weight is 430 g/mol. The minimum Gasteiger partial charge on any atom is -0.475 e. The number of nitrogens with zero attached hydrogens (tertiary/aromatic N) is 2. The Balaban J connectivity index is 0.000000339. The third-order valence-corrected chi connectivity index (χ3v) is 4.27. The number of rotatable bonds is 3. The van der Waals surface area contributed by atoms with Gasteiger partial charge in [0.1, 0.15) is 0 Å². The van der Waals surface area contributed by atoms with Crippen molar-refractivity contribution in [3.05, 3.63) is 71.4 Å². The van der Waals surface area contributed by atoms with Gasteiger partial charge in [0.15, 0.2) is 0 Å². The molecule has 1 aliphatic rings. The fourth-order valence-electron chi connectivity index (χ4n) is 2.81. The molecule has 4 rings (SSSR count). The Morgan fingerprint density at radius 3 is 2.58 bits per heavy atom. The number of hydrogen-bond donors (Lipinski definition) is 3. The van der Waals surface area contributed by atoms with Gasteiger partial charge in [0.05, 0.1) is 11.3 Å². The predicted molar refractivity (Wildman–Crippen MR) is 107 cm³/mol. The minimum atomic E-state index is -5.08. The molecule has 0 saturated carbocycles. The minimum absolute atomic E-state index is 0.00972. The number of carboxylic acids is 1. The van der Waals surface area contributed by atoms with Gasteiger partial charge in [-0.05, 0) is 35.9 Å². The lowest BCUT2D eigenvalue weighted by Crippen LogP contribution is -2.31. The molecular weight excluding hydrogens is 413 g/mol. The Bertz CT molecular complexity index is 1110. The SMILES string of the molecule is O=C(O)C(F)(F)F.O=C1NCCc2[nH]c(-c3ccnc(/C=C/c4cccnc4)c3)cc21. The molecular formula is C21H17F3N4O3. The number of aromatic nitrogens is 3. The maximum absolute atomic E-state index is 11.9. The zero-order valence-electron chi connectivity index (χ0n) is 16.0. The largest absolute Gasteiger partial charge is 0.490 e. The molecule has 0 aliphatic carbocycles. The first-order chi connectivity index (χ1) is 14.7. The van der Waals surface area contributed by atoms with Gasteiger partial charge in [-0.3, -0.25) is 14.8 Å². The Labute approximate surface area is 174 Å². The number of fused-ring (bicyclic) bond motifs is 1. The highest BCUT2D eigenvalue weighted by molar-refractivity contribution is 5.97. The van der Waals surface area contributed by atoms with E-state index in [1.54, 1.807) is 18.6 Å². The van der Waals surface area contributed by atoms with Crippen LogP contribution in [0.25, 0.3) is 23.4 Å². The fourth-order valence-corrected chi connectivity index (χ4v) is 2.81. The molecule has 1 aliphatic heterocycles. The topological polar surface area (TPSA) is 108 Å². The van der Waals surface area contributed by atoms with Crippen LogP contribution in [0.5, 0.6) is 0 Å². The molecule has 4 heterocycles. The molecule has 10 heteroatoms. The Morgan fingerprint density at radius 1 is 1.16 bits per heavy atom. The summed E-state index contributed by atoms with van der Waals surface area (Å²) in [4.78, 5) is 32.6. The predicted octanol–water partition coefficient (Wildman–Crippen LogP) is 3.56. The lowest BCUT2D eigenvalue weighted by molar-refractivity contribution is -0.192. The molecule has 3 N–H and O–H groups in total. The smallest absolute Gasteiger partial charge is 0.475 e. The number of carbonyl (C=O) groups excluding carboxylic acids is 1. The molecule has 3 aromatic rings. The number of hydrogen-bond acceptors (Lipinski definition) is 4. The van der Waals surface area contributed by atoms with Crippen molar-refractivity contribution >= 4 is 24.0 Å². The summed E-state index contributed by atoms with van der Waals surface area (Å²) in [6.07, 6.45) is 5.01. The second-order valence-corrected chi connectivity index (χ2v) is 6.47. The number of aliphatic carboxylic acids is 1. The summed E-state index contributed by atoms with van der Waals surface area (Å²) in [5, 5.41) is 9.99. The van der Waals surface area contributed by atoms with Crippen LogP contribution in [-0.2, 0) is 11.2 Å². The lowest BCUT2D eigenvalue weighted by atomic mass is 10.1. The monoisotopic (exact) mass is 430 g/mol. The van der Waals surface area contributed by atoms with Gasteiger partial charge in [-0.15, -0.1) is 0 Å². The number of pyridine rings is 2. The van der Waals surface area contributed by atoms with Gasteiger partial charge in [-0.2, -0.15) is 13.2 Å². The van der Waals surface area contributed by atoms with Crippen molar-refractivity contribution in [2.24, 2.45) is 0 Å². The average Bonchev–Trinajstić information content (AvgIpc) is 3.19. The quantitative estimate of drug-likeness (QED) is 0.589. The van der Waals surface area contributed by atoms with E-state index in [0.717, 1.165) is 40.2 Å². The molecule has 0 bridgehead atoms. The van der Waals surface area contributed by atoms with Gasteiger partial charge in [-0.25, -0.2) is 4.79 Å². The number of nitrogens with one attached hydrogen (secondary N) is 2. The van der Waals surface area contributed by atoms with Crippen molar-refractivity contribution in [2.75, 3.05) is 6.54 Å². The zero-order valence-corrected chi connectivity index (χ0v) is 16.0. The van der Waals surface area contributed by atoms with Crippen LogP contribution in [0.3, 0.4) is 0 Å². The van der Waals surface area contributed by atoms with E-state index in [1.165, 1.54) is 0 Å². The van der Waals surface area contributed by atoms with E-state index in [0.29, 0.717) is 6.54 Å². The van der Waals surface area contributed by atoms with Crippen LogP contribution in [0.4, 0.5) is 13.2 Å². The van der Waals surface area contributed by atoms with E-state index in [4.69, 9.17) is 9.90 Å². The number of halogens is 3. The van der Waals surface area contributed by atoms with Crippen LogP contribution in [0.2, 0.25) is 0 Å². The van der Waals surface area contributed by atoms with E-state index < -0.39 is 12.1 Å². The summed E-state index contributed by atoms with van der Waals surface area (Å²) in [7, 11) is 0. The second kappa shape index (κ2) is 9.24. The molecule has 0 aromatic carbocycles. The summed E-state index contributed by atoms with van der Waals surface area (Å²) in [5.74, 6) is -2.77. The van der Waals surface area contributed by atoms with Crippen LogP contribution < -0.4 is 5.32 Å². The van der Waals surface area contributed by atoms with Crippen LogP contribution in [0.15, 0.2) is 48.9 Å². The number of amides is 1. The van der Waals surface area contributed by atoms with Crippen LogP contribution in [-0.4, -0.2) is 44.7 Å². The Morgan fingerprint density at radius 2 is 1.94 bits per heavy atom. The van der Waals surface area contributed by atoms with Gasteiger partial charge in [0.25, 0.3) is 5.91 Å². The summed E-state index contributed by atoms with van der Waals surface area (Å²) in [6.45, 7) is 0.682. The number of carboxylic acid groups (broad SMARTS) is 1. The molecule has 0 radical (unpaired) electrons. The summed E-state index contributed by atoms with van der Waals surface area (Å²) >= 11 is 0. The number of carbonyl (C=O) groups is 2. The van der Waals surface area contributed by atoms with Gasteiger partial charge < -0.3 is 15.4 Å². The van der Waals surface area contributed by atoms with E-state index in [9.17, 15) is 18.0 Å².